The minimum atomic E-state index is -0.951. The molecule has 33 heavy (non-hydrogen) atoms. The molecule has 0 spiro atoms. The van der Waals surface area contributed by atoms with Crippen LogP contribution in [0, 0.1) is 0 Å². The van der Waals surface area contributed by atoms with E-state index in [2.05, 4.69) is 20.9 Å². The fourth-order valence-electron chi connectivity index (χ4n) is 3.33. The van der Waals surface area contributed by atoms with Gasteiger partial charge in [0.1, 0.15) is 0 Å². The van der Waals surface area contributed by atoms with Crippen LogP contribution in [0.4, 0.5) is 0 Å². The third kappa shape index (κ3) is 6.09. The number of aromatic nitrogens is 1. The van der Waals surface area contributed by atoms with E-state index in [0.29, 0.717) is 23.1 Å². The molecule has 0 saturated carbocycles. The molecule has 0 bridgehead atoms. The summed E-state index contributed by atoms with van der Waals surface area (Å²) in [5, 5.41) is 10.0. The van der Waals surface area contributed by atoms with Crippen LogP contribution in [0.1, 0.15) is 15.9 Å². The van der Waals surface area contributed by atoms with E-state index in [1.165, 1.54) is 5.56 Å². The quantitative estimate of drug-likeness (QED) is 0.353. The van der Waals surface area contributed by atoms with Gasteiger partial charge in [0.15, 0.2) is 11.5 Å². The molecule has 1 heterocycles. The van der Waals surface area contributed by atoms with Crippen LogP contribution in [0.25, 0.3) is 22.2 Å². The summed E-state index contributed by atoms with van der Waals surface area (Å²) in [5.41, 5.74) is 9.12. The van der Waals surface area contributed by atoms with Crippen molar-refractivity contribution in [3.63, 3.8) is 0 Å². The maximum atomic E-state index is 11.5. The third-order valence-electron chi connectivity index (χ3n) is 4.95. The van der Waals surface area contributed by atoms with Gasteiger partial charge in [0.25, 0.3) is 0 Å². The van der Waals surface area contributed by atoms with Gasteiger partial charge in [0.05, 0.1) is 31.0 Å². The molecular formula is C26H25BrN2O4. The van der Waals surface area contributed by atoms with E-state index in [4.69, 9.17) is 15.2 Å². The van der Waals surface area contributed by atoms with Gasteiger partial charge in [0, 0.05) is 15.4 Å². The molecule has 3 N–H and O–H groups in total. The largest absolute Gasteiger partial charge is 0.493 e. The fraction of sp³-hybridized carbons (Fsp3) is 0.154. The number of carboxylic acids is 1. The number of rotatable bonds is 6. The number of fused-ring (bicyclic) bond motifs is 1. The number of methoxy groups -OCH3 is 2. The second kappa shape index (κ2) is 11.4. The minimum absolute atomic E-state index is 0.259. The molecule has 0 aliphatic carbocycles. The Morgan fingerprint density at radius 1 is 0.970 bits per heavy atom. The molecule has 3 aromatic carbocycles. The molecule has 0 aliphatic heterocycles. The van der Waals surface area contributed by atoms with Crippen LogP contribution in [0.15, 0.2) is 77.3 Å². The maximum Gasteiger partial charge on any atom is 0.336 e. The first-order valence-corrected chi connectivity index (χ1v) is 11.1. The topological polar surface area (TPSA) is 94.7 Å². The minimum Gasteiger partial charge on any atom is -0.493 e. The van der Waals surface area contributed by atoms with Crippen LogP contribution in [-0.4, -0.2) is 36.8 Å². The second-order valence-electron chi connectivity index (χ2n) is 7.12. The Bertz CT molecular complexity index is 1250. The van der Waals surface area contributed by atoms with Crippen molar-refractivity contribution in [1.29, 1.82) is 0 Å². The zero-order valence-corrected chi connectivity index (χ0v) is 20.0. The third-order valence-corrected chi connectivity index (χ3v) is 5.44. The van der Waals surface area contributed by atoms with Crippen LogP contribution in [0.3, 0.4) is 0 Å². The monoisotopic (exact) mass is 508 g/mol. The van der Waals surface area contributed by atoms with Crippen LogP contribution in [0.2, 0.25) is 0 Å². The van der Waals surface area contributed by atoms with Crippen LogP contribution in [-0.2, 0) is 6.42 Å². The van der Waals surface area contributed by atoms with Gasteiger partial charge in [-0.15, -0.1) is 0 Å². The Labute approximate surface area is 201 Å². The zero-order valence-electron chi connectivity index (χ0n) is 18.4. The summed E-state index contributed by atoms with van der Waals surface area (Å²) in [6, 6.07) is 22.5. The van der Waals surface area contributed by atoms with Crippen molar-refractivity contribution in [3.8, 4) is 22.8 Å². The number of aromatic carboxylic acids is 1. The molecule has 6 nitrogen and oxygen atoms in total. The van der Waals surface area contributed by atoms with Gasteiger partial charge in [-0.1, -0.05) is 52.3 Å². The number of nitrogens with two attached hydrogens (primary N) is 1. The highest BCUT2D eigenvalue weighted by molar-refractivity contribution is 9.10. The molecular weight excluding hydrogens is 484 g/mol. The lowest BCUT2D eigenvalue weighted by Gasteiger charge is -2.08. The Hall–Kier alpha value is -3.42. The Morgan fingerprint density at radius 3 is 2.33 bits per heavy atom. The molecule has 0 aliphatic rings. The Balaban J connectivity index is 0.000000205. The summed E-state index contributed by atoms with van der Waals surface area (Å²) in [6.07, 6.45) is 0.861. The number of carboxylic acid groups (broad SMARTS) is 1. The highest BCUT2D eigenvalue weighted by atomic mass is 79.9. The van der Waals surface area contributed by atoms with Gasteiger partial charge in [0.2, 0.25) is 0 Å². The first-order valence-electron chi connectivity index (χ1n) is 10.3. The summed E-state index contributed by atoms with van der Waals surface area (Å²) in [7, 11) is 3.25. The van der Waals surface area contributed by atoms with Crippen molar-refractivity contribution in [2.45, 2.75) is 6.42 Å². The predicted molar refractivity (Wildman–Crippen MR) is 134 cm³/mol. The molecule has 170 valence electrons. The highest BCUT2D eigenvalue weighted by Crippen LogP contribution is 2.28. The summed E-state index contributed by atoms with van der Waals surface area (Å²) < 4.78 is 11.1. The molecule has 0 unspecified atom stereocenters. The van der Waals surface area contributed by atoms with E-state index in [0.717, 1.165) is 28.0 Å². The second-order valence-corrected chi connectivity index (χ2v) is 8.03. The van der Waals surface area contributed by atoms with Gasteiger partial charge in [-0.05, 0) is 54.9 Å². The number of pyridine rings is 1. The van der Waals surface area contributed by atoms with Crippen molar-refractivity contribution in [2.75, 3.05) is 20.8 Å². The highest BCUT2D eigenvalue weighted by Gasteiger charge is 2.13. The van der Waals surface area contributed by atoms with Crippen LogP contribution in [0.5, 0.6) is 11.5 Å². The summed E-state index contributed by atoms with van der Waals surface area (Å²) in [6.45, 7) is 0.648. The first-order chi connectivity index (χ1) is 16.0. The van der Waals surface area contributed by atoms with Gasteiger partial charge < -0.3 is 20.3 Å². The lowest BCUT2D eigenvalue weighted by Crippen LogP contribution is -2.03. The lowest BCUT2D eigenvalue weighted by atomic mass is 10.0. The van der Waals surface area contributed by atoms with Crippen molar-refractivity contribution >= 4 is 32.8 Å². The molecule has 4 rings (SSSR count). The van der Waals surface area contributed by atoms with E-state index < -0.39 is 5.97 Å². The summed E-state index contributed by atoms with van der Waals surface area (Å²) in [5.74, 6) is 0.560. The molecule has 0 fully saturated rings. The number of benzene rings is 3. The average molecular weight is 509 g/mol. The fourth-order valence-corrected chi connectivity index (χ4v) is 3.70. The summed E-state index contributed by atoms with van der Waals surface area (Å²) in [4.78, 5) is 16.0. The van der Waals surface area contributed by atoms with E-state index in [9.17, 15) is 9.90 Å². The van der Waals surface area contributed by atoms with Gasteiger partial charge in [-0.2, -0.15) is 0 Å². The van der Waals surface area contributed by atoms with Gasteiger partial charge in [-0.25, -0.2) is 9.78 Å². The number of ether oxygens (including phenoxy) is 2. The molecule has 1 aromatic heterocycles. The normalized spacial score (nSPS) is 10.3. The van der Waals surface area contributed by atoms with Gasteiger partial charge in [-0.3, -0.25) is 0 Å². The average Bonchev–Trinajstić information content (AvgIpc) is 2.84. The lowest BCUT2D eigenvalue weighted by molar-refractivity contribution is 0.0699. The van der Waals surface area contributed by atoms with Crippen molar-refractivity contribution < 1.29 is 19.4 Å². The zero-order chi connectivity index (χ0) is 23.8. The van der Waals surface area contributed by atoms with E-state index in [1.807, 2.05) is 60.7 Å². The predicted octanol–water partition coefficient (Wildman–Crippen LogP) is 5.57. The molecule has 0 atom stereocenters. The molecule has 4 aromatic rings. The van der Waals surface area contributed by atoms with Crippen molar-refractivity contribution in [1.82, 2.24) is 4.98 Å². The van der Waals surface area contributed by atoms with Crippen molar-refractivity contribution in [2.24, 2.45) is 5.73 Å². The number of carbonyl (C=O) groups is 1. The molecule has 0 radical (unpaired) electrons. The van der Waals surface area contributed by atoms with E-state index >= 15 is 0 Å². The maximum absolute atomic E-state index is 11.5. The number of hydrogen-bond acceptors (Lipinski definition) is 5. The molecule has 7 heteroatoms. The Morgan fingerprint density at radius 2 is 1.70 bits per heavy atom. The van der Waals surface area contributed by atoms with Crippen LogP contribution >= 0.6 is 15.9 Å². The SMILES string of the molecule is COc1ccc(CCN)cc1OC.O=C(O)c1cc(-c2ccccc2)nc2ccc(Br)cc12. The summed E-state index contributed by atoms with van der Waals surface area (Å²) >= 11 is 3.36. The number of halogens is 1. The standard InChI is InChI=1S/C16H10BrNO2.C10H15NO2/c17-11-6-7-14-12(8-11)13(16(19)20)9-15(18-14)10-4-2-1-3-5-10;1-12-9-4-3-8(5-6-11)7-10(9)13-2/h1-9H,(H,19,20);3-4,7H,5-6,11H2,1-2H3. The molecule has 0 amide bonds. The smallest absolute Gasteiger partial charge is 0.336 e. The molecule has 0 saturated heterocycles. The van der Waals surface area contributed by atoms with E-state index in [-0.39, 0.29) is 5.56 Å². The number of nitrogens with zero attached hydrogens (tertiary/aromatic N) is 1. The first kappa shape index (κ1) is 24.2. The van der Waals surface area contributed by atoms with Crippen LogP contribution < -0.4 is 15.2 Å². The Kier molecular flexibility index (Phi) is 8.40. The number of hydrogen-bond donors (Lipinski definition) is 2. The van der Waals surface area contributed by atoms with Gasteiger partial charge >= 0.3 is 5.97 Å². The van der Waals surface area contributed by atoms with Crippen molar-refractivity contribution in [3.05, 3.63) is 88.4 Å². The van der Waals surface area contributed by atoms with E-state index in [1.54, 1.807) is 26.4 Å².